The average Bonchev–Trinajstić information content (AvgIpc) is 2.68. The van der Waals surface area contributed by atoms with Gasteiger partial charge in [0, 0.05) is 19.5 Å². The number of para-hydroxylation sites is 2. The molecule has 18 heavy (non-hydrogen) atoms. The smallest absolute Gasteiger partial charge is 0.127 e. The second-order valence-electron chi connectivity index (χ2n) is 4.96. The first-order chi connectivity index (χ1) is 8.57. The summed E-state index contributed by atoms with van der Waals surface area (Å²) in [4.78, 5) is 4.53. The Hall–Kier alpha value is -1.42. The van der Waals surface area contributed by atoms with Crippen molar-refractivity contribution in [2.75, 3.05) is 6.54 Å². The van der Waals surface area contributed by atoms with E-state index in [0.717, 1.165) is 29.8 Å². The summed E-state index contributed by atoms with van der Waals surface area (Å²) in [6.45, 7) is 4.51. The number of benzene rings is 1. The second-order valence-corrected chi connectivity index (χ2v) is 4.96. The number of imidazole rings is 1. The SMILES string of the molecule is CCCn1c(CC(C)(F)CN)nc2ccccc21. The van der Waals surface area contributed by atoms with Gasteiger partial charge in [-0.1, -0.05) is 19.1 Å². The number of alkyl halides is 1. The van der Waals surface area contributed by atoms with Crippen LogP contribution >= 0.6 is 0 Å². The van der Waals surface area contributed by atoms with Crippen LogP contribution in [0.5, 0.6) is 0 Å². The summed E-state index contributed by atoms with van der Waals surface area (Å²) in [6, 6.07) is 7.92. The molecule has 0 aliphatic carbocycles. The van der Waals surface area contributed by atoms with Crippen molar-refractivity contribution >= 4 is 11.0 Å². The Morgan fingerprint density at radius 3 is 2.78 bits per heavy atom. The molecule has 2 N–H and O–H groups in total. The van der Waals surface area contributed by atoms with Crippen LogP contribution in [-0.4, -0.2) is 21.8 Å². The number of fused-ring (bicyclic) bond motifs is 1. The molecule has 1 aromatic carbocycles. The maximum atomic E-state index is 14.1. The minimum atomic E-state index is -1.40. The quantitative estimate of drug-likeness (QED) is 0.885. The third-order valence-electron chi connectivity index (χ3n) is 3.13. The Kier molecular flexibility index (Phi) is 3.66. The van der Waals surface area contributed by atoms with Crippen LogP contribution in [0.3, 0.4) is 0 Å². The number of hydrogen-bond acceptors (Lipinski definition) is 2. The predicted octanol–water partition coefficient (Wildman–Crippen LogP) is 2.68. The molecule has 0 aliphatic rings. The summed E-state index contributed by atoms with van der Waals surface area (Å²) in [5.41, 5.74) is 6.06. The van der Waals surface area contributed by atoms with E-state index in [0.29, 0.717) is 0 Å². The van der Waals surface area contributed by atoms with Gasteiger partial charge in [-0.05, 0) is 25.5 Å². The van der Waals surface area contributed by atoms with Crippen LogP contribution in [-0.2, 0) is 13.0 Å². The van der Waals surface area contributed by atoms with Gasteiger partial charge >= 0.3 is 0 Å². The lowest BCUT2D eigenvalue weighted by Crippen LogP contribution is -2.32. The van der Waals surface area contributed by atoms with E-state index in [-0.39, 0.29) is 13.0 Å². The van der Waals surface area contributed by atoms with Crippen LogP contribution in [0, 0.1) is 0 Å². The fourth-order valence-corrected chi connectivity index (χ4v) is 2.14. The van der Waals surface area contributed by atoms with Gasteiger partial charge in [0.25, 0.3) is 0 Å². The Morgan fingerprint density at radius 2 is 2.11 bits per heavy atom. The third kappa shape index (κ3) is 2.53. The van der Waals surface area contributed by atoms with E-state index in [4.69, 9.17) is 5.73 Å². The molecule has 0 bridgehead atoms. The lowest BCUT2D eigenvalue weighted by Gasteiger charge is -2.18. The first-order valence-corrected chi connectivity index (χ1v) is 6.40. The van der Waals surface area contributed by atoms with Gasteiger partial charge in [0.05, 0.1) is 11.0 Å². The molecule has 0 saturated carbocycles. The van der Waals surface area contributed by atoms with Crippen molar-refractivity contribution in [3.8, 4) is 0 Å². The zero-order chi connectivity index (χ0) is 13.2. The van der Waals surface area contributed by atoms with Gasteiger partial charge in [-0.2, -0.15) is 0 Å². The Morgan fingerprint density at radius 1 is 1.39 bits per heavy atom. The number of rotatable bonds is 5. The molecule has 0 radical (unpaired) electrons. The lowest BCUT2D eigenvalue weighted by molar-refractivity contribution is 0.195. The minimum Gasteiger partial charge on any atom is -0.328 e. The number of aromatic nitrogens is 2. The Balaban J connectivity index is 2.45. The van der Waals surface area contributed by atoms with E-state index < -0.39 is 5.67 Å². The Labute approximate surface area is 107 Å². The molecule has 1 aromatic heterocycles. The van der Waals surface area contributed by atoms with Gasteiger partial charge in [-0.25, -0.2) is 9.37 Å². The van der Waals surface area contributed by atoms with Crippen LogP contribution in [0.1, 0.15) is 26.1 Å². The van der Waals surface area contributed by atoms with Crippen LogP contribution in [0.15, 0.2) is 24.3 Å². The fraction of sp³-hybridized carbons (Fsp3) is 0.500. The van der Waals surface area contributed by atoms with Crippen molar-refractivity contribution in [1.82, 2.24) is 9.55 Å². The first-order valence-electron chi connectivity index (χ1n) is 6.40. The van der Waals surface area contributed by atoms with Crippen molar-refractivity contribution in [2.24, 2.45) is 5.73 Å². The van der Waals surface area contributed by atoms with Gasteiger partial charge < -0.3 is 10.3 Å². The van der Waals surface area contributed by atoms with Crippen molar-refractivity contribution in [2.45, 2.75) is 38.9 Å². The number of hydrogen-bond donors (Lipinski definition) is 1. The molecule has 3 nitrogen and oxygen atoms in total. The molecule has 4 heteroatoms. The highest BCUT2D eigenvalue weighted by Gasteiger charge is 2.25. The predicted molar refractivity (Wildman–Crippen MR) is 72.3 cm³/mol. The van der Waals surface area contributed by atoms with E-state index in [2.05, 4.69) is 16.5 Å². The molecule has 0 spiro atoms. The van der Waals surface area contributed by atoms with E-state index in [1.165, 1.54) is 6.92 Å². The molecule has 0 fully saturated rings. The zero-order valence-corrected chi connectivity index (χ0v) is 11.0. The van der Waals surface area contributed by atoms with Gasteiger partial charge in [-0.15, -0.1) is 0 Å². The van der Waals surface area contributed by atoms with Crippen molar-refractivity contribution in [3.63, 3.8) is 0 Å². The number of nitrogens with two attached hydrogens (primary N) is 1. The van der Waals surface area contributed by atoms with Gasteiger partial charge in [-0.3, -0.25) is 0 Å². The van der Waals surface area contributed by atoms with Gasteiger partial charge in [0.2, 0.25) is 0 Å². The molecule has 1 unspecified atom stereocenters. The zero-order valence-electron chi connectivity index (χ0n) is 11.0. The van der Waals surface area contributed by atoms with Crippen LogP contribution in [0.2, 0.25) is 0 Å². The summed E-state index contributed by atoms with van der Waals surface area (Å²) < 4.78 is 16.2. The molecule has 2 aromatic rings. The van der Waals surface area contributed by atoms with Crippen molar-refractivity contribution in [3.05, 3.63) is 30.1 Å². The Bertz CT molecular complexity index is 531. The van der Waals surface area contributed by atoms with E-state index >= 15 is 0 Å². The summed E-state index contributed by atoms with van der Waals surface area (Å²) in [7, 11) is 0. The maximum Gasteiger partial charge on any atom is 0.127 e. The second kappa shape index (κ2) is 5.06. The lowest BCUT2D eigenvalue weighted by atomic mass is 10.0. The maximum absolute atomic E-state index is 14.1. The number of halogens is 1. The summed E-state index contributed by atoms with van der Waals surface area (Å²) >= 11 is 0. The molecule has 0 saturated heterocycles. The third-order valence-corrected chi connectivity index (χ3v) is 3.13. The molecule has 98 valence electrons. The van der Waals surface area contributed by atoms with Crippen molar-refractivity contribution < 1.29 is 4.39 Å². The molecule has 1 heterocycles. The minimum absolute atomic E-state index is 0.0162. The molecule has 0 aliphatic heterocycles. The standard InChI is InChI=1S/C14H20FN3/c1-3-8-18-12-7-5-4-6-11(12)17-13(18)9-14(2,15)10-16/h4-7H,3,8-10,16H2,1-2H3. The summed E-state index contributed by atoms with van der Waals surface area (Å²) in [5, 5.41) is 0. The largest absolute Gasteiger partial charge is 0.328 e. The molecular weight excluding hydrogens is 229 g/mol. The van der Waals surface area contributed by atoms with Crippen LogP contribution in [0.25, 0.3) is 11.0 Å². The molecule has 1 atom stereocenters. The van der Waals surface area contributed by atoms with Gasteiger partial charge in [0.1, 0.15) is 11.5 Å². The normalized spacial score (nSPS) is 14.9. The van der Waals surface area contributed by atoms with Crippen LogP contribution in [0.4, 0.5) is 4.39 Å². The monoisotopic (exact) mass is 249 g/mol. The fourth-order valence-electron chi connectivity index (χ4n) is 2.14. The van der Waals surface area contributed by atoms with Crippen molar-refractivity contribution in [1.29, 1.82) is 0 Å². The molecular formula is C14H20FN3. The topological polar surface area (TPSA) is 43.8 Å². The molecule has 2 rings (SSSR count). The summed E-state index contributed by atoms with van der Waals surface area (Å²) in [6.07, 6.45) is 1.26. The van der Waals surface area contributed by atoms with Gasteiger partial charge in [0.15, 0.2) is 0 Å². The van der Waals surface area contributed by atoms with E-state index in [1.807, 2.05) is 24.3 Å². The molecule has 0 amide bonds. The number of nitrogens with zero attached hydrogens (tertiary/aromatic N) is 2. The highest BCUT2D eigenvalue weighted by molar-refractivity contribution is 5.75. The summed E-state index contributed by atoms with van der Waals surface area (Å²) in [5.74, 6) is 0.786. The number of aryl methyl sites for hydroxylation is 1. The first kappa shape index (κ1) is 13.0. The van der Waals surface area contributed by atoms with E-state index in [9.17, 15) is 4.39 Å². The van der Waals surface area contributed by atoms with E-state index in [1.54, 1.807) is 0 Å². The average molecular weight is 249 g/mol. The van der Waals surface area contributed by atoms with Crippen LogP contribution < -0.4 is 5.73 Å². The highest BCUT2D eigenvalue weighted by atomic mass is 19.1. The highest BCUT2D eigenvalue weighted by Crippen LogP contribution is 2.21.